The lowest BCUT2D eigenvalue weighted by molar-refractivity contribution is 0.173. The van der Waals surface area contributed by atoms with Crippen molar-refractivity contribution in [2.75, 3.05) is 13.6 Å². The highest BCUT2D eigenvalue weighted by Gasteiger charge is 2.16. The first-order valence-electron chi connectivity index (χ1n) is 9.86. The topological polar surface area (TPSA) is 62.9 Å². The van der Waals surface area contributed by atoms with Crippen LogP contribution in [-0.4, -0.2) is 13.6 Å². The van der Waals surface area contributed by atoms with Gasteiger partial charge >= 0.3 is 0 Å². The second-order valence-corrected chi connectivity index (χ2v) is 7.16. The molecule has 5 rings (SSSR count). The molecule has 3 aromatic carbocycles. The first-order chi connectivity index (χ1) is 15.2. The standard InChI is InChI=1S/C26H19NO4/c1-17-10-23-24(29-15-28-23)11-20(17)8-6-18-2-4-19(5-3-18)7-9-21-12-25-26(31-16-30-25)13-22(21)14-27/h2-5,10-13H,14-16,27H2,1H3. The first kappa shape index (κ1) is 18.9. The molecule has 2 heterocycles. The van der Waals surface area contributed by atoms with E-state index in [-0.39, 0.29) is 13.6 Å². The van der Waals surface area contributed by atoms with E-state index in [1.54, 1.807) is 0 Å². The van der Waals surface area contributed by atoms with E-state index >= 15 is 0 Å². The predicted molar refractivity (Wildman–Crippen MR) is 116 cm³/mol. The molecule has 0 saturated carbocycles. The van der Waals surface area contributed by atoms with Gasteiger partial charge in [-0.15, -0.1) is 0 Å². The van der Waals surface area contributed by atoms with Gasteiger partial charge in [0, 0.05) is 40.9 Å². The highest BCUT2D eigenvalue weighted by Crippen LogP contribution is 2.35. The van der Waals surface area contributed by atoms with Crippen molar-refractivity contribution in [2.24, 2.45) is 5.73 Å². The molecule has 0 aliphatic carbocycles. The fourth-order valence-corrected chi connectivity index (χ4v) is 3.36. The van der Waals surface area contributed by atoms with Gasteiger partial charge < -0.3 is 24.7 Å². The molecule has 2 aliphatic rings. The number of rotatable bonds is 1. The molecule has 0 amide bonds. The minimum atomic E-state index is 0.227. The van der Waals surface area contributed by atoms with Crippen LogP contribution in [0.2, 0.25) is 0 Å². The maximum Gasteiger partial charge on any atom is 0.231 e. The normalized spacial score (nSPS) is 12.6. The van der Waals surface area contributed by atoms with Gasteiger partial charge in [-0.1, -0.05) is 23.7 Å². The zero-order valence-electron chi connectivity index (χ0n) is 17.0. The van der Waals surface area contributed by atoms with Crippen LogP contribution in [0.25, 0.3) is 0 Å². The predicted octanol–water partition coefficient (Wildman–Crippen LogP) is 3.71. The molecule has 5 nitrogen and oxygen atoms in total. The summed E-state index contributed by atoms with van der Waals surface area (Å²) in [6, 6.07) is 15.5. The lowest BCUT2D eigenvalue weighted by Crippen LogP contribution is -1.99. The van der Waals surface area contributed by atoms with Crippen molar-refractivity contribution in [2.45, 2.75) is 13.5 Å². The molecule has 0 aromatic heterocycles. The molecule has 2 N–H and O–H groups in total. The molecule has 152 valence electrons. The zero-order chi connectivity index (χ0) is 21.2. The molecule has 31 heavy (non-hydrogen) atoms. The third-order valence-corrected chi connectivity index (χ3v) is 5.11. The number of hydrogen-bond donors (Lipinski definition) is 1. The molecule has 0 saturated heterocycles. The highest BCUT2D eigenvalue weighted by atomic mass is 16.7. The van der Waals surface area contributed by atoms with E-state index in [0.29, 0.717) is 18.0 Å². The number of nitrogens with two attached hydrogens (primary N) is 1. The summed E-state index contributed by atoms with van der Waals surface area (Å²) in [7, 11) is 0. The van der Waals surface area contributed by atoms with E-state index in [1.807, 2.05) is 55.5 Å². The average molecular weight is 409 g/mol. The van der Waals surface area contributed by atoms with E-state index in [4.69, 9.17) is 24.7 Å². The van der Waals surface area contributed by atoms with Crippen LogP contribution in [-0.2, 0) is 6.54 Å². The lowest BCUT2D eigenvalue weighted by Gasteiger charge is -2.03. The Morgan fingerprint density at radius 3 is 1.74 bits per heavy atom. The summed E-state index contributed by atoms with van der Waals surface area (Å²) in [5.41, 5.74) is 11.4. The smallest absolute Gasteiger partial charge is 0.231 e. The number of aryl methyl sites for hydroxylation is 1. The molecule has 0 fully saturated rings. The lowest BCUT2D eigenvalue weighted by atomic mass is 10.1. The minimum Gasteiger partial charge on any atom is -0.454 e. The SMILES string of the molecule is Cc1cc2c(cc1C#Cc1ccc(C#Cc3cc4c(cc3CN)OCO4)cc1)OCO2. The van der Waals surface area contributed by atoms with Gasteiger partial charge in [0.15, 0.2) is 23.0 Å². The van der Waals surface area contributed by atoms with Crippen LogP contribution < -0.4 is 24.7 Å². The molecular formula is C26H19NO4. The maximum atomic E-state index is 5.86. The van der Waals surface area contributed by atoms with E-state index in [2.05, 4.69) is 23.7 Å². The van der Waals surface area contributed by atoms with Crippen molar-refractivity contribution in [1.29, 1.82) is 0 Å². The Kier molecular flexibility index (Phi) is 4.88. The highest BCUT2D eigenvalue weighted by molar-refractivity contribution is 5.57. The molecule has 0 spiro atoms. The third kappa shape index (κ3) is 3.88. The van der Waals surface area contributed by atoms with Crippen LogP contribution in [0.3, 0.4) is 0 Å². The minimum absolute atomic E-state index is 0.227. The van der Waals surface area contributed by atoms with Crippen LogP contribution >= 0.6 is 0 Å². The Hall–Kier alpha value is -4.06. The van der Waals surface area contributed by atoms with Gasteiger partial charge in [0.25, 0.3) is 0 Å². The second-order valence-electron chi connectivity index (χ2n) is 7.16. The Morgan fingerprint density at radius 1 is 0.677 bits per heavy atom. The maximum absolute atomic E-state index is 5.86. The molecule has 5 heteroatoms. The Morgan fingerprint density at radius 2 is 1.16 bits per heavy atom. The molecule has 2 aliphatic heterocycles. The summed E-state index contributed by atoms with van der Waals surface area (Å²) in [4.78, 5) is 0. The van der Waals surface area contributed by atoms with Crippen LogP contribution in [0.15, 0.2) is 48.5 Å². The molecule has 3 aromatic rings. The molecule has 0 bridgehead atoms. The van der Waals surface area contributed by atoms with Gasteiger partial charge in [-0.2, -0.15) is 0 Å². The van der Waals surface area contributed by atoms with Crippen molar-refractivity contribution < 1.29 is 18.9 Å². The zero-order valence-corrected chi connectivity index (χ0v) is 17.0. The number of ether oxygens (including phenoxy) is 4. The van der Waals surface area contributed by atoms with Crippen molar-refractivity contribution in [1.82, 2.24) is 0 Å². The fraction of sp³-hybridized carbons (Fsp3) is 0.154. The van der Waals surface area contributed by atoms with Crippen LogP contribution in [0, 0.1) is 30.6 Å². The number of hydrogen-bond acceptors (Lipinski definition) is 5. The average Bonchev–Trinajstić information content (AvgIpc) is 3.44. The van der Waals surface area contributed by atoms with Crippen LogP contribution in [0.1, 0.15) is 33.4 Å². The Labute approximate surface area is 180 Å². The largest absolute Gasteiger partial charge is 0.454 e. The van der Waals surface area contributed by atoms with Gasteiger partial charge in [-0.05, 0) is 54.4 Å². The van der Waals surface area contributed by atoms with Gasteiger partial charge in [0.05, 0.1) is 0 Å². The Bertz CT molecular complexity index is 1290. The fourth-order valence-electron chi connectivity index (χ4n) is 3.36. The summed E-state index contributed by atoms with van der Waals surface area (Å²) in [6.07, 6.45) is 0. The van der Waals surface area contributed by atoms with Crippen LogP contribution in [0.4, 0.5) is 0 Å². The van der Waals surface area contributed by atoms with Crippen LogP contribution in [0.5, 0.6) is 23.0 Å². The van der Waals surface area contributed by atoms with Gasteiger partial charge in [-0.25, -0.2) is 0 Å². The number of benzene rings is 3. The monoisotopic (exact) mass is 409 g/mol. The summed E-state index contributed by atoms with van der Waals surface area (Å²) in [5.74, 6) is 15.7. The van der Waals surface area contributed by atoms with Gasteiger partial charge in [-0.3, -0.25) is 0 Å². The second kappa shape index (κ2) is 7.99. The first-order valence-corrected chi connectivity index (χ1v) is 9.86. The number of fused-ring (bicyclic) bond motifs is 2. The van der Waals surface area contributed by atoms with E-state index in [1.165, 1.54) is 0 Å². The van der Waals surface area contributed by atoms with E-state index in [9.17, 15) is 0 Å². The summed E-state index contributed by atoms with van der Waals surface area (Å²) in [6.45, 7) is 2.88. The molecule has 0 radical (unpaired) electrons. The summed E-state index contributed by atoms with van der Waals surface area (Å²) in [5, 5.41) is 0. The van der Waals surface area contributed by atoms with Gasteiger partial charge in [0.1, 0.15) is 0 Å². The van der Waals surface area contributed by atoms with Crippen molar-refractivity contribution in [3.05, 3.63) is 81.9 Å². The Balaban J connectivity index is 1.36. The molecular weight excluding hydrogens is 390 g/mol. The molecule has 0 unspecified atom stereocenters. The third-order valence-electron chi connectivity index (χ3n) is 5.11. The van der Waals surface area contributed by atoms with E-state index < -0.39 is 0 Å². The van der Waals surface area contributed by atoms with Crippen molar-refractivity contribution in [3.8, 4) is 46.7 Å². The quantitative estimate of drug-likeness (QED) is 0.621. The van der Waals surface area contributed by atoms with Gasteiger partial charge in [0.2, 0.25) is 13.6 Å². The molecule has 0 atom stereocenters. The summed E-state index contributed by atoms with van der Waals surface area (Å²) < 4.78 is 21.7. The van der Waals surface area contributed by atoms with Crippen molar-refractivity contribution in [3.63, 3.8) is 0 Å². The van der Waals surface area contributed by atoms with Crippen molar-refractivity contribution >= 4 is 0 Å². The summed E-state index contributed by atoms with van der Waals surface area (Å²) >= 11 is 0. The van der Waals surface area contributed by atoms with E-state index in [0.717, 1.165) is 44.9 Å².